The summed E-state index contributed by atoms with van der Waals surface area (Å²) in [6, 6.07) is 0. The first-order valence-corrected chi connectivity index (χ1v) is 39.3. The molecule has 0 heterocycles. The van der Waals surface area contributed by atoms with Crippen LogP contribution < -0.4 is 11.1 Å². The van der Waals surface area contributed by atoms with Crippen LogP contribution in [0.5, 0.6) is 0 Å². The molecule has 0 aromatic rings. The van der Waals surface area contributed by atoms with Crippen molar-refractivity contribution in [2.75, 3.05) is 190 Å². The Morgan fingerprint density at radius 1 is 0.223 bits per heavy atom. The van der Waals surface area contributed by atoms with Crippen LogP contribution in [0.2, 0.25) is 0 Å². The second-order valence-corrected chi connectivity index (χ2v) is 32.8. The standard InChI is InChI=1S/C76H143N15O21/c1-50(2)25-79(21-22-80(31-57(14)93)67(103)40-88(34-60(17)96)74(110)46-87(33-59(16)95)65(101)24-78-23-56(13)92)39-66(102)81(26-51(3)4)41-68(104)82(27-52(5)6)42-69(105)83(28-53(7)8)43-70(106)84(29-54(9)10)44-71(107)85(30-55(11)12)45-73(109)90(36-62(19)98)48-76(112)91(37-63(20)99)49-75(111)89(35-61(18)97)47-72(108)86(32-58(15)94)38-64(77)100/h50-63,78,92-99H,21-49H2,1-20H3,(H2,77,100). The molecule has 112 heavy (non-hydrogen) atoms. The number of nitrogens with zero attached hydrogens (tertiary/aromatic N) is 13. The van der Waals surface area contributed by atoms with Crippen LogP contribution in [0.15, 0.2) is 0 Å². The van der Waals surface area contributed by atoms with E-state index < -0.39 is 217 Å². The Kier molecular flexibility index (Phi) is 50.2. The molecule has 0 aromatic heterocycles. The highest BCUT2D eigenvalue weighted by atomic mass is 16.3. The summed E-state index contributed by atoms with van der Waals surface area (Å²) >= 11 is 0. The molecule has 11 N–H and O–H groups in total. The van der Waals surface area contributed by atoms with Gasteiger partial charge in [0.15, 0.2) is 0 Å². The third-order valence-corrected chi connectivity index (χ3v) is 16.5. The van der Waals surface area contributed by atoms with E-state index in [1.54, 1.807) is 13.8 Å². The van der Waals surface area contributed by atoms with E-state index in [0.29, 0.717) is 6.54 Å². The summed E-state index contributed by atoms with van der Waals surface area (Å²) in [5.74, 6) is -10.1. The summed E-state index contributed by atoms with van der Waals surface area (Å²) in [5.41, 5.74) is 5.34. The van der Waals surface area contributed by atoms with Gasteiger partial charge in [-0.05, 0) is 90.9 Å². The van der Waals surface area contributed by atoms with E-state index in [1.165, 1.54) is 84.8 Å². The maximum absolute atomic E-state index is 14.8. The van der Waals surface area contributed by atoms with Crippen molar-refractivity contribution in [3.05, 3.63) is 0 Å². The summed E-state index contributed by atoms with van der Waals surface area (Å²) < 4.78 is 0. The Labute approximate surface area is 664 Å². The quantitative estimate of drug-likeness (QED) is 0.0280. The van der Waals surface area contributed by atoms with Crippen molar-refractivity contribution in [3.8, 4) is 0 Å². The molecule has 0 spiro atoms. The van der Waals surface area contributed by atoms with Crippen molar-refractivity contribution in [1.82, 2.24) is 69.0 Å². The van der Waals surface area contributed by atoms with E-state index in [1.807, 2.05) is 74.1 Å². The van der Waals surface area contributed by atoms with E-state index in [4.69, 9.17) is 5.73 Å². The predicted octanol–water partition coefficient (Wildman–Crippen LogP) is -3.71. The average molecular weight is 1600 g/mol. The average Bonchev–Trinajstić information content (AvgIpc) is 0.866. The molecular weight excluding hydrogens is 1460 g/mol. The number of carbonyl (C=O) groups is 13. The van der Waals surface area contributed by atoms with Gasteiger partial charge in [-0.1, -0.05) is 83.1 Å². The molecule has 0 saturated carbocycles. The maximum atomic E-state index is 14.8. The molecule has 0 rings (SSSR count). The molecule has 0 aromatic carbocycles. The minimum atomic E-state index is -1.24. The number of aliphatic hydroxyl groups excluding tert-OH is 8. The van der Waals surface area contributed by atoms with E-state index in [0.717, 1.165) is 29.4 Å². The van der Waals surface area contributed by atoms with Crippen molar-refractivity contribution < 1.29 is 103 Å². The van der Waals surface area contributed by atoms with Gasteiger partial charge in [-0.25, -0.2) is 0 Å². The van der Waals surface area contributed by atoms with Gasteiger partial charge >= 0.3 is 0 Å². The summed E-state index contributed by atoms with van der Waals surface area (Å²) in [6.07, 6.45) is -8.69. The van der Waals surface area contributed by atoms with Crippen molar-refractivity contribution in [2.45, 2.75) is 187 Å². The molecule has 8 atom stereocenters. The monoisotopic (exact) mass is 1600 g/mol. The zero-order valence-electron chi connectivity index (χ0n) is 70.9. The van der Waals surface area contributed by atoms with Crippen LogP contribution in [0.4, 0.5) is 0 Å². The van der Waals surface area contributed by atoms with Gasteiger partial charge in [0.25, 0.3) is 0 Å². The molecule has 0 bridgehead atoms. The lowest BCUT2D eigenvalue weighted by molar-refractivity contribution is -0.150. The minimum Gasteiger partial charge on any atom is -0.392 e. The zero-order chi connectivity index (χ0) is 86.3. The third-order valence-electron chi connectivity index (χ3n) is 16.5. The molecular formula is C76H143N15O21. The van der Waals surface area contributed by atoms with Gasteiger partial charge in [0.05, 0.1) is 134 Å². The number of hydrogen-bond acceptors (Lipinski definition) is 23. The first-order chi connectivity index (χ1) is 51.8. The lowest BCUT2D eigenvalue weighted by Crippen LogP contribution is -2.55. The molecule has 8 unspecified atom stereocenters. The molecule has 0 aliphatic heterocycles. The van der Waals surface area contributed by atoms with Crippen LogP contribution >= 0.6 is 0 Å². The molecule has 36 heteroatoms. The Morgan fingerprint density at radius 3 is 0.598 bits per heavy atom. The Morgan fingerprint density at radius 2 is 0.402 bits per heavy atom. The summed E-state index contributed by atoms with van der Waals surface area (Å²) in [7, 11) is 0. The second-order valence-electron chi connectivity index (χ2n) is 32.8. The van der Waals surface area contributed by atoms with E-state index in [-0.39, 0.29) is 127 Å². The van der Waals surface area contributed by atoms with Gasteiger partial charge < -0.3 is 111 Å². The number of rotatable bonds is 57. The topological polar surface area (TPSA) is 464 Å². The zero-order valence-corrected chi connectivity index (χ0v) is 70.9. The van der Waals surface area contributed by atoms with Gasteiger partial charge in [-0.3, -0.25) is 67.2 Å². The van der Waals surface area contributed by atoms with Crippen molar-refractivity contribution in [2.24, 2.45) is 41.2 Å². The molecule has 36 nitrogen and oxygen atoms in total. The fraction of sp³-hybridized carbons (Fsp3) is 0.829. The molecule has 0 fully saturated rings. The van der Waals surface area contributed by atoms with Gasteiger partial charge in [-0.15, -0.1) is 0 Å². The van der Waals surface area contributed by atoms with E-state index in [2.05, 4.69) is 5.32 Å². The highest BCUT2D eigenvalue weighted by molar-refractivity contribution is 5.95. The fourth-order valence-corrected chi connectivity index (χ4v) is 12.2. The summed E-state index contributed by atoms with van der Waals surface area (Å²) in [4.78, 5) is 199. The molecule has 0 aliphatic carbocycles. The van der Waals surface area contributed by atoms with E-state index >= 15 is 0 Å². The molecule has 13 amide bonds. The number of nitrogens with one attached hydrogen (secondary N) is 1. The highest BCUT2D eigenvalue weighted by Crippen LogP contribution is 2.15. The summed E-state index contributed by atoms with van der Waals surface area (Å²) in [5, 5.41) is 85.4. The van der Waals surface area contributed by atoms with Crippen molar-refractivity contribution in [1.29, 1.82) is 0 Å². The Hall–Kier alpha value is -7.29. The van der Waals surface area contributed by atoms with Gasteiger partial charge in [0.2, 0.25) is 76.8 Å². The number of hydrogen-bond donors (Lipinski definition) is 10. The minimum absolute atomic E-state index is 0.0146. The number of aliphatic hydroxyl groups is 8. The van der Waals surface area contributed by atoms with Crippen molar-refractivity contribution in [3.63, 3.8) is 0 Å². The van der Waals surface area contributed by atoms with E-state index in [9.17, 15) is 103 Å². The molecule has 0 saturated heterocycles. The predicted molar refractivity (Wildman–Crippen MR) is 420 cm³/mol. The Bertz CT molecular complexity index is 2920. The van der Waals surface area contributed by atoms with Crippen LogP contribution in [0.25, 0.3) is 0 Å². The number of nitrogens with two attached hydrogens (primary N) is 1. The third kappa shape index (κ3) is 46.2. The number of amides is 13. The van der Waals surface area contributed by atoms with Gasteiger partial charge in [0, 0.05) is 105 Å². The van der Waals surface area contributed by atoms with Crippen LogP contribution in [-0.2, 0) is 62.3 Å². The molecule has 648 valence electrons. The SMILES string of the molecule is CC(C)CN(CCN(CC(C)O)C(=O)CN(CC(C)O)C(=O)CN(CC(C)O)C(=O)CNCC(C)O)CC(=O)N(CC(=O)N(CC(=O)N(CC(=O)N(CC(=O)N(CC(=O)N(CC(=O)N(CC(=O)N(CC(=O)N(CC(N)=O)CC(C)O)CC(C)O)CC(C)O)CC(C)O)CC(C)C)CC(C)C)CC(C)C)CC(C)C)CC(C)C. The highest BCUT2D eigenvalue weighted by Gasteiger charge is 2.35. The van der Waals surface area contributed by atoms with Crippen LogP contribution in [0.1, 0.15) is 138 Å². The first-order valence-electron chi connectivity index (χ1n) is 39.3. The molecule has 0 radical (unpaired) electrons. The second kappa shape index (κ2) is 53.7. The van der Waals surface area contributed by atoms with Crippen LogP contribution in [-0.4, -0.2) is 420 Å². The fourth-order valence-electron chi connectivity index (χ4n) is 12.2. The number of primary amides is 1. The van der Waals surface area contributed by atoms with Crippen LogP contribution in [0, 0.1) is 35.5 Å². The number of carbonyl (C=O) groups excluding carboxylic acids is 13. The van der Waals surface area contributed by atoms with Crippen LogP contribution in [0.3, 0.4) is 0 Å². The lowest BCUT2D eigenvalue weighted by atomic mass is 10.1. The van der Waals surface area contributed by atoms with Gasteiger partial charge in [0.1, 0.15) is 0 Å². The molecule has 0 aliphatic rings. The lowest BCUT2D eigenvalue weighted by Gasteiger charge is -2.35. The van der Waals surface area contributed by atoms with Crippen molar-refractivity contribution >= 4 is 76.8 Å². The summed E-state index contributed by atoms with van der Waals surface area (Å²) in [6.45, 7) is 24.7. The van der Waals surface area contributed by atoms with Gasteiger partial charge in [-0.2, -0.15) is 0 Å². The maximum Gasteiger partial charge on any atom is 0.242 e. The largest absolute Gasteiger partial charge is 0.392 e. The normalized spacial score (nSPS) is 13.8. The smallest absolute Gasteiger partial charge is 0.242 e. The first kappa shape index (κ1) is 105. The Balaban J connectivity index is 7.09.